The quantitative estimate of drug-likeness (QED) is 0.672. The van der Waals surface area contributed by atoms with E-state index in [1.165, 1.54) is 38.5 Å². The molecule has 0 amide bonds. The molecule has 3 heteroatoms. The molecule has 14 heavy (non-hydrogen) atoms. The Kier molecular flexibility index (Phi) is 2.75. The highest BCUT2D eigenvalue weighted by atomic mass is 28.4. The van der Waals surface area contributed by atoms with E-state index in [4.69, 9.17) is 8.85 Å². The van der Waals surface area contributed by atoms with Gasteiger partial charge in [-0.3, -0.25) is 0 Å². The van der Waals surface area contributed by atoms with Crippen LogP contribution in [0.2, 0.25) is 12.1 Å². The SMILES string of the molecule is CO[Si](C)(OC)C1CC12CCCCC2. The standard InChI is InChI=1S/C11H22O2Si/c1-12-14(3,13-2)10-9-11(10)7-5-4-6-8-11/h10H,4-9H2,1-3H3. The number of rotatable bonds is 3. The minimum Gasteiger partial charge on any atom is -0.398 e. The Labute approximate surface area is 88.2 Å². The van der Waals surface area contributed by atoms with Crippen LogP contribution in [0.5, 0.6) is 0 Å². The van der Waals surface area contributed by atoms with Crippen LogP contribution in [0.15, 0.2) is 0 Å². The van der Waals surface area contributed by atoms with E-state index in [9.17, 15) is 0 Å². The maximum absolute atomic E-state index is 5.66. The second kappa shape index (κ2) is 3.61. The lowest BCUT2D eigenvalue weighted by atomic mass is 9.86. The lowest BCUT2D eigenvalue weighted by Crippen LogP contribution is -2.39. The van der Waals surface area contributed by atoms with Gasteiger partial charge in [0.15, 0.2) is 0 Å². The summed E-state index contributed by atoms with van der Waals surface area (Å²) in [6.45, 7) is 2.22. The minimum atomic E-state index is -1.82. The summed E-state index contributed by atoms with van der Waals surface area (Å²) in [5, 5.41) is 0. The van der Waals surface area contributed by atoms with Gasteiger partial charge in [0.25, 0.3) is 0 Å². The van der Waals surface area contributed by atoms with Crippen LogP contribution in [0.25, 0.3) is 0 Å². The van der Waals surface area contributed by atoms with Crippen molar-refractivity contribution in [1.82, 2.24) is 0 Å². The second-order valence-electron chi connectivity index (χ2n) is 5.10. The van der Waals surface area contributed by atoms with Gasteiger partial charge in [0.1, 0.15) is 0 Å². The van der Waals surface area contributed by atoms with Gasteiger partial charge >= 0.3 is 8.56 Å². The molecule has 1 atom stereocenters. The smallest absolute Gasteiger partial charge is 0.338 e. The van der Waals surface area contributed by atoms with E-state index >= 15 is 0 Å². The largest absolute Gasteiger partial charge is 0.398 e. The van der Waals surface area contributed by atoms with E-state index in [0.717, 1.165) is 5.54 Å². The zero-order chi connectivity index (χ0) is 10.2. The molecule has 1 unspecified atom stereocenters. The molecule has 0 aromatic carbocycles. The molecule has 2 fully saturated rings. The third kappa shape index (κ3) is 1.55. The van der Waals surface area contributed by atoms with E-state index < -0.39 is 8.56 Å². The Morgan fingerprint density at radius 3 is 2.14 bits per heavy atom. The molecule has 0 bridgehead atoms. The lowest BCUT2D eigenvalue weighted by molar-refractivity contribution is 0.233. The van der Waals surface area contributed by atoms with Crippen LogP contribution in [0, 0.1) is 5.41 Å². The van der Waals surface area contributed by atoms with Gasteiger partial charge in [-0.15, -0.1) is 0 Å². The van der Waals surface area contributed by atoms with Crippen molar-refractivity contribution in [3.05, 3.63) is 0 Å². The predicted molar refractivity (Wildman–Crippen MR) is 59.5 cm³/mol. The monoisotopic (exact) mass is 214 g/mol. The van der Waals surface area contributed by atoms with Gasteiger partial charge in [0, 0.05) is 19.8 Å². The molecular formula is C11H22O2Si. The third-order valence-electron chi connectivity index (χ3n) is 4.48. The molecule has 2 nitrogen and oxygen atoms in total. The van der Waals surface area contributed by atoms with Gasteiger partial charge in [0.2, 0.25) is 0 Å². The van der Waals surface area contributed by atoms with Crippen LogP contribution >= 0.6 is 0 Å². The normalized spacial score (nSPS) is 30.6. The highest BCUT2D eigenvalue weighted by molar-refractivity contribution is 6.68. The lowest BCUT2D eigenvalue weighted by Gasteiger charge is -2.29. The first-order chi connectivity index (χ1) is 6.67. The summed E-state index contributed by atoms with van der Waals surface area (Å²) >= 11 is 0. The van der Waals surface area contributed by atoms with Crippen molar-refractivity contribution < 1.29 is 8.85 Å². The minimum absolute atomic E-state index is 0.644. The summed E-state index contributed by atoms with van der Waals surface area (Å²) in [7, 11) is 1.82. The van der Waals surface area contributed by atoms with Gasteiger partial charge in [0.05, 0.1) is 0 Å². The first-order valence-corrected chi connectivity index (χ1v) is 8.16. The van der Waals surface area contributed by atoms with Crippen molar-refractivity contribution in [1.29, 1.82) is 0 Å². The molecule has 2 aliphatic carbocycles. The molecule has 2 aliphatic rings. The predicted octanol–water partition coefficient (Wildman–Crippen LogP) is 3.08. The molecule has 0 saturated heterocycles. The first kappa shape index (κ1) is 10.6. The summed E-state index contributed by atoms with van der Waals surface area (Å²) < 4.78 is 11.3. The molecule has 2 saturated carbocycles. The van der Waals surface area contributed by atoms with E-state index in [2.05, 4.69) is 6.55 Å². The molecule has 1 spiro atoms. The van der Waals surface area contributed by atoms with E-state index in [1.807, 2.05) is 14.2 Å². The molecule has 0 aliphatic heterocycles. The summed E-state index contributed by atoms with van der Waals surface area (Å²) in [5.74, 6) is 0. The fourth-order valence-corrected chi connectivity index (χ4v) is 6.18. The first-order valence-electron chi connectivity index (χ1n) is 5.77. The summed E-state index contributed by atoms with van der Waals surface area (Å²) in [5.41, 5.74) is 1.41. The Morgan fingerprint density at radius 2 is 1.64 bits per heavy atom. The molecule has 0 N–H and O–H groups in total. The van der Waals surface area contributed by atoms with Crippen LogP contribution in [-0.2, 0) is 8.85 Å². The molecule has 2 rings (SSSR count). The van der Waals surface area contributed by atoms with Crippen molar-refractivity contribution in [3.63, 3.8) is 0 Å². The molecule has 0 radical (unpaired) electrons. The van der Waals surface area contributed by atoms with Crippen LogP contribution in [-0.4, -0.2) is 22.8 Å². The number of hydrogen-bond donors (Lipinski definition) is 0. The molecule has 0 aromatic heterocycles. The van der Waals surface area contributed by atoms with E-state index in [0.29, 0.717) is 5.41 Å². The Hall–Kier alpha value is 0.137. The van der Waals surface area contributed by atoms with Gasteiger partial charge in [-0.25, -0.2) is 0 Å². The van der Waals surface area contributed by atoms with Gasteiger partial charge in [-0.2, -0.15) is 0 Å². The van der Waals surface area contributed by atoms with Crippen LogP contribution in [0.1, 0.15) is 38.5 Å². The maximum atomic E-state index is 5.66. The zero-order valence-electron chi connectivity index (χ0n) is 9.64. The van der Waals surface area contributed by atoms with Crippen molar-refractivity contribution in [2.24, 2.45) is 5.41 Å². The molecule has 0 aromatic rings. The van der Waals surface area contributed by atoms with Gasteiger partial charge in [-0.05, 0) is 31.2 Å². The fraction of sp³-hybridized carbons (Fsp3) is 1.00. The highest BCUT2D eigenvalue weighted by Crippen LogP contribution is 2.69. The maximum Gasteiger partial charge on any atom is 0.338 e. The van der Waals surface area contributed by atoms with Gasteiger partial charge in [-0.1, -0.05) is 19.3 Å². The Bertz CT molecular complexity index is 207. The van der Waals surface area contributed by atoms with E-state index in [-0.39, 0.29) is 0 Å². The third-order valence-corrected chi connectivity index (χ3v) is 8.19. The van der Waals surface area contributed by atoms with Crippen molar-refractivity contribution in [3.8, 4) is 0 Å². The highest BCUT2D eigenvalue weighted by Gasteiger charge is 2.64. The van der Waals surface area contributed by atoms with E-state index in [1.54, 1.807) is 0 Å². The Balaban J connectivity index is 2.02. The second-order valence-corrected chi connectivity index (χ2v) is 8.65. The topological polar surface area (TPSA) is 18.5 Å². The molecule has 0 heterocycles. The summed E-state index contributed by atoms with van der Waals surface area (Å²) in [6, 6.07) is 0. The molecular weight excluding hydrogens is 192 g/mol. The van der Waals surface area contributed by atoms with Crippen molar-refractivity contribution >= 4 is 8.56 Å². The fourth-order valence-electron chi connectivity index (χ4n) is 3.27. The van der Waals surface area contributed by atoms with Crippen molar-refractivity contribution in [2.45, 2.75) is 50.6 Å². The van der Waals surface area contributed by atoms with Crippen molar-refractivity contribution in [2.75, 3.05) is 14.2 Å². The Morgan fingerprint density at radius 1 is 1.07 bits per heavy atom. The summed E-state index contributed by atoms with van der Waals surface area (Å²) in [6.07, 6.45) is 8.51. The van der Waals surface area contributed by atoms with Crippen LogP contribution < -0.4 is 0 Å². The van der Waals surface area contributed by atoms with Crippen LogP contribution in [0.3, 0.4) is 0 Å². The van der Waals surface area contributed by atoms with Gasteiger partial charge < -0.3 is 8.85 Å². The average molecular weight is 214 g/mol. The summed E-state index contributed by atoms with van der Waals surface area (Å²) in [4.78, 5) is 0. The number of hydrogen-bond acceptors (Lipinski definition) is 2. The molecule has 82 valence electrons. The zero-order valence-corrected chi connectivity index (χ0v) is 10.6. The van der Waals surface area contributed by atoms with Crippen LogP contribution in [0.4, 0.5) is 0 Å². The average Bonchev–Trinajstić information content (AvgIpc) is 2.93.